The number of benzene rings is 2. The molecule has 1 atom stereocenters. The molecule has 1 unspecified atom stereocenters. The lowest BCUT2D eigenvalue weighted by atomic mass is 10.1. The van der Waals surface area contributed by atoms with E-state index in [2.05, 4.69) is 17.0 Å². The second-order valence-electron chi connectivity index (χ2n) is 8.73. The maximum absolute atomic E-state index is 13.5. The lowest BCUT2D eigenvalue weighted by Crippen LogP contribution is -2.44. The fourth-order valence-corrected chi connectivity index (χ4v) is 4.64. The second kappa shape index (κ2) is 9.44. The van der Waals surface area contributed by atoms with Gasteiger partial charge in [0.25, 0.3) is 5.56 Å². The van der Waals surface area contributed by atoms with Gasteiger partial charge in [0.15, 0.2) is 11.2 Å². The molecule has 8 heteroatoms. The van der Waals surface area contributed by atoms with E-state index >= 15 is 0 Å². The summed E-state index contributed by atoms with van der Waals surface area (Å²) in [6.45, 7) is 2.10. The zero-order valence-electron chi connectivity index (χ0n) is 19.1. The number of hydrogen-bond acceptors (Lipinski definition) is 5. The zero-order chi connectivity index (χ0) is 23.7. The molecule has 0 bridgehead atoms. The number of nitrogens with two attached hydrogens (primary N) is 1. The van der Waals surface area contributed by atoms with Crippen molar-refractivity contribution in [2.75, 3.05) is 18.0 Å². The third kappa shape index (κ3) is 4.49. The second-order valence-corrected chi connectivity index (χ2v) is 9.16. The Morgan fingerprint density at radius 2 is 1.94 bits per heavy atom. The average Bonchev–Trinajstić information content (AvgIpc) is 3.19. The number of anilines is 1. The van der Waals surface area contributed by atoms with Gasteiger partial charge in [-0.25, -0.2) is 4.98 Å². The molecule has 0 aliphatic carbocycles. The molecule has 2 aromatic heterocycles. The highest BCUT2D eigenvalue weighted by atomic mass is 35.5. The smallest absolute Gasteiger partial charge is 0.279 e. The zero-order valence-corrected chi connectivity index (χ0v) is 19.8. The minimum atomic E-state index is -0.133. The number of nitrogens with zero attached hydrogens (tertiary/aromatic N) is 5. The summed E-state index contributed by atoms with van der Waals surface area (Å²) in [6, 6.07) is 17.7. The van der Waals surface area contributed by atoms with E-state index in [0.29, 0.717) is 35.1 Å². The van der Waals surface area contributed by atoms with Crippen molar-refractivity contribution in [2.45, 2.75) is 25.4 Å². The molecule has 0 saturated carbocycles. The van der Waals surface area contributed by atoms with Crippen molar-refractivity contribution in [1.82, 2.24) is 19.1 Å². The van der Waals surface area contributed by atoms with Crippen molar-refractivity contribution < 1.29 is 0 Å². The van der Waals surface area contributed by atoms with Gasteiger partial charge in [-0.3, -0.25) is 13.9 Å². The molecule has 1 saturated heterocycles. The fourth-order valence-electron chi connectivity index (χ4n) is 4.44. The Labute approximate surface area is 203 Å². The van der Waals surface area contributed by atoms with Crippen molar-refractivity contribution in [1.29, 1.82) is 0 Å². The first-order valence-electron chi connectivity index (χ1n) is 11.4. The highest BCUT2D eigenvalue weighted by molar-refractivity contribution is 6.30. The summed E-state index contributed by atoms with van der Waals surface area (Å²) in [5, 5.41) is 0.656. The molecular weight excluding hydrogens is 448 g/mol. The molecule has 0 spiro atoms. The lowest BCUT2D eigenvalue weighted by molar-refractivity contribution is 0.495. The van der Waals surface area contributed by atoms with Crippen LogP contribution in [0.3, 0.4) is 0 Å². The first-order valence-corrected chi connectivity index (χ1v) is 11.8. The first-order chi connectivity index (χ1) is 16.5. The van der Waals surface area contributed by atoms with Crippen LogP contribution in [0.25, 0.3) is 23.3 Å². The Morgan fingerprint density at radius 3 is 2.71 bits per heavy atom. The number of fused-ring (bicyclic) bond motifs is 1. The molecule has 2 aromatic carbocycles. The van der Waals surface area contributed by atoms with Crippen LogP contribution in [0.4, 0.5) is 5.95 Å². The third-order valence-electron chi connectivity index (χ3n) is 6.20. The molecule has 4 aromatic rings. The van der Waals surface area contributed by atoms with Crippen LogP contribution >= 0.6 is 11.6 Å². The van der Waals surface area contributed by atoms with Crippen LogP contribution < -0.4 is 16.2 Å². The monoisotopic (exact) mass is 474 g/mol. The van der Waals surface area contributed by atoms with E-state index in [1.54, 1.807) is 11.6 Å². The number of aromatic nitrogens is 4. The molecule has 0 radical (unpaired) electrons. The predicted molar refractivity (Wildman–Crippen MR) is 138 cm³/mol. The van der Waals surface area contributed by atoms with Crippen molar-refractivity contribution in [2.24, 2.45) is 12.8 Å². The van der Waals surface area contributed by atoms with E-state index in [-0.39, 0.29) is 11.6 Å². The minimum Gasteiger partial charge on any atom is -0.341 e. The van der Waals surface area contributed by atoms with Gasteiger partial charge in [-0.1, -0.05) is 60.1 Å². The van der Waals surface area contributed by atoms with E-state index in [1.807, 2.05) is 59.2 Å². The molecule has 1 aliphatic heterocycles. The Balaban J connectivity index is 1.63. The molecule has 1 aliphatic rings. The van der Waals surface area contributed by atoms with Gasteiger partial charge in [-0.2, -0.15) is 4.98 Å². The van der Waals surface area contributed by atoms with Crippen LogP contribution in [0.15, 0.2) is 59.4 Å². The third-order valence-corrected chi connectivity index (χ3v) is 6.43. The molecule has 0 amide bonds. The summed E-state index contributed by atoms with van der Waals surface area (Å²) in [5.41, 5.74) is 9.10. The minimum absolute atomic E-state index is 0.0886. The normalized spacial score (nSPS) is 16.6. The molecule has 174 valence electrons. The van der Waals surface area contributed by atoms with Gasteiger partial charge in [-0.05, 0) is 42.2 Å². The predicted octanol–water partition coefficient (Wildman–Crippen LogP) is 3.93. The largest absolute Gasteiger partial charge is 0.341 e. The van der Waals surface area contributed by atoms with Crippen LogP contribution in [0.5, 0.6) is 0 Å². The summed E-state index contributed by atoms with van der Waals surface area (Å²) in [4.78, 5) is 25.3. The quantitative estimate of drug-likeness (QED) is 0.474. The van der Waals surface area contributed by atoms with Gasteiger partial charge in [0.1, 0.15) is 5.82 Å². The molecule has 1 fully saturated rings. The van der Waals surface area contributed by atoms with Crippen LogP contribution in [0.2, 0.25) is 5.02 Å². The van der Waals surface area contributed by atoms with E-state index in [0.717, 1.165) is 36.5 Å². The van der Waals surface area contributed by atoms with Gasteiger partial charge in [0.05, 0.1) is 6.54 Å². The first kappa shape index (κ1) is 22.4. The lowest BCUT2D eigenvalue weighted by Gasteiger charge is -2.31. The topological polar surface area (TPSA) is 82.0 Å². The van der Waals surface area contributed by atoms with E-state index in [9.17, 15) is 4.79 Å². The summed E-state index contributed by atoms with van der Waals surface area (Å²) >= 11 is 6.10. The highest BCUT2D eigenvalue weighted by Crippen LogP contribution is 2.24. The Morgan fingerprint density at radius 1 is 1.12 bits per heavy atom. The number of piperidine rings is 1. The summed E-state index contributed by atoms with van der Waals surface area (Å²) in [5.74, 6) is 1.28. The fraction of sp³-hybridized carbons (Fsp3) is 0.269. The summed E-state index contributed by atoms with van der Waals surface area (Å²) in [6.07, 6.45) is 5.70. The van der Waals surface area contributed by atoms with E-state index in [4.69, 9.17) is 27.3 Å². The number of rotatable bonds is 5. The van der Waals surface area contributed by atoms with Crippen molar-refractivity contribution in [3.05, 3.63) is 86.9 Å². The average molecular weight is 475 g/mol. The molecule has 34 heavy (non-hydrogen) atoms. The molecular formula is C26H27ClN6O. The van der Waals surface area contributed by atoms with Crippen LogP contribution in [0.1, 0.15) is 29.8 Å². The molecule has 3 heterocycles. The SMILES string of the molecule is Cn1c(C=Cc2cccc(Cl)c2)nc2nc(N3CCCC(N)C3)n(Cc3ccccc3)c2c1=O. The maximum atomic E-state index is 13.5. The van der Waals surface area contributed by atoms with Crippen molar-refractivity contribution in [3.8, 4) is 0 Å². The highest BCUT2D eigenvalue weighted by Gasteiger charge is 2.25. The number of hydrogen-bond donors (Lipinski definition) is 1. The van der Waals surface area contributed by atoms with Gasteiger partial charge < -0.3 is 10.6 Å². The van der Waals surface area contributed by atoms with Gasteiger partial charge >= 0.3 is 0 Å². The van der Waals surface area contributed by atoms with Gasteiger partial charge in [-0.15, -0.1) is 0 Å². The number of halogens is 1. The Hall–Kier alpha value is -3.42. The summed E-state index contributed by atoms with van der Waals surface area (Å²) in [7, 11) is 1.74. The van der Waals surface area contributed by atoms with Crippen LogP contribution in [0, 0.1) is 0 Å². The van der Waals surface area contributed by atoms with Crippen LogP contribution in [-0.2, 0) is 13.6 Å². The molecule has 5 rings (SSSR count). The summed E-state index contributed by atoms with van der Waals surface area (Å²) < 4.78 is 3.56. The van der Waals surface area contributed by atoms with Gasteiger partial charge in [0, 0.05) is 31.2 Å². The van der Waals surface area contributed by atoms with E-state index < -0.39 is 0 Å². The standard InChI is InChI=1S/C26H27ClN6O/c1-31-22(13-12-18-9-5-10-20(27)15-18)29-24-23(25(31)34)33(16-19-7-3-2-4-8-19)26(30-24)32-14-6-11-21(28)17-32/h2-5,7-10,12-13,15,21H,6,11,14,16-17,28H2,1H3. The van der Waals surface area contributed by atoms with Crippen molar-refractivity contribution >= 4 is 40.9 Å². The maximum Gasteiger partial charge on any atom is 0.279 e. The van der Waals surface area contributed by atoms with E-state index in [1.165, 1.54) is 0 Å². The Kier molecular flexibility index (Phi) is 6.22. The molecule has 7 nitrogen and oxygen atoms in total. The molecule has 2 N–H and O–H groups in total. The van der Waals surface area contributed by atoms with Crippen LogP contribution in [-0.4, -0.2) is 38.2 Å². The number of imidazole rings is 1. The van der Waals surface area contributed by atoms with Crippen molar-refractivity contribution in [3.63, 3.8) is 0 Å². The van der Waals surface area contributed by atoms with Gasteiger partial charge in [0.2, 0.25) is 5.95 Å². The Bertz CT molecular complexity index is 1410.